The number of epoxide rings is 1. The predicted octanol–water partition coefficient (Wildman–Crippen LogP) is -6.52. The first kappa shape index (κ1) is 79.1. The number of nitrogens with one attached hydrogen (secondary N) is 5. The van der Waals surface area contributed by atoms with Gasteiger partial charge in [-0.25, -0.2) is 0 Å². The Kier molecular flexibility index (Phi) is 29.9. The van der Waals surface area contributed by atoms with Crippen LogP contribution in [0.1, 0.15) is 103 Å². The van der Waals surface area contributed by atoms with Crippen molar-refractivity contribution >= 4 is 29.5 Å². The molecule has 7 fully saturated rings. The molecule has 7 aliphatic rings. The van der Waals surface area contributed by atoms with Gasteiger partial charge in [-0.2, -0.15) is 0 Å². The van der Waals surface area contributed by atoms with Gasteiger partial charge in [0.1, 0.15) is 146 Å². The van der Waals surface area contributed by atoms with E-state index in [0.29, 0.717) is 12.4 Å². The van der Waals surface area contributed by atoms with E-state index in [9.17, 15) is 85.3 Å². The summed E-state index contributed by atoms with van der Waals surface area (Å²) in [5.74, 6) is -3.58. The zero-order valence-electron chi connectivity index (χ0n) is 55.4. The highest BCUT2D eigenvalue weighted by atomic mass is 16.8. The first-order valence-electron chi connectivity index (χ1n) is 33.2. The maximum atomic E-state index is 14.0. The molecule has 0 aromatic heterocycles. The SMILES string of the molecule is CCCCCCCCCCCOc1cccc(C(=O)NC2C(O[C@@H]3C(CO)OC(OC4C(CO)O[C@@H](O[C@@H]5C(CO)OC(OC6C(CO[C@@H]7OC8OC8C(O)C7OC)O[C@@H](O)[C@@H](NC(C)=O)[C@@H]6O)C(NC(C)=O)C5O)[C@@H](NC(C)=O)[C@@H]4O)C(NC(C)=O)C3O)OC(CO)[C@@H](O)C2O)c1. The Hall–Kier alpha value is -4.63. The molecule has 0 bridgehead atoms. The molecule has 8 rings (SSSR count). The minimum atomic E-state index is -2.06. The van der Waals surface area contributed by atoms with Gasteiger partial charge in [-0.3, -0.25) is 24.0 Å². The van der Waals surface area contributed by atoms with E-state index in [1.165, 1.54) is 51.3 Å². The summed E-state index contributed by atoms with van der Waals surface area (Å²) in [6.45, 7) is 2.28. The molecule has 7 heterocycles. The van der Waals surface area contributed by atoms with E-state index in [4.69, 9.17) is 66.3 Å². The van der Waals surface area contributed by atoms with Crippen molar-refractivity contribution in [3.8, 4) is 5.75 Å². The summed E-state index contributed by atoms with van der Waals surface area (Å²) in [7, 11) is 1.28. The number of unbranched alkanes of at least 4 members (excludes halogenated alkanes) is 8. The number of methoxy groups -OCH3 is 1. The Labute approximate surface area is 565 Å². The number of rotatable bonds is 33. The van der Waals surface area contributed by atoms with E-state index in [-0.39, 0.29) is 5.56 Å². The number of aliphatic hydroxyl groups is 12. The first-order chi connectivity index (χ1) is 46.9. The Morgan fingerprint density at radius 1 is 0.439 bits per heavy atom. The number of hydrogen-bond donors (Lipinski definition) is 17. The van der Waals surface area contributed by atoms with Crippen molar-refractivity contribution in [3.63, 3.8) is 0 Å². The van der Waals surface area contributed by atoms with Crippen molar-refractivity contribution in [2.45, 2.75) is 277 Å². The molecular formula is C62H99N5O31. The monoisotopic (exact) mass is 1410 g/mol. The minimum Gasteiger partial charge on any atom is -0.494 e. The minimum absolute atomic E-state index is 0.0652. The summed E-state index contributed by atoms with van der Waals surface area (Å²) in [4.78, 5) is 65.1. The van der Waals surface area contributed by atoms with Gasteiger partial charge in [-0.1, -0.05) is 64.4 Å². The molecule has 17 N–H and O–H groups in total. The highest BCUT2D eigenvalue weighted by Crippen LogP contribution is 2.40. The van der Waals surface area contributed by atoms with Gasteiger partial charge >= 0.3 is 0 Å². The molecule has 98 heavy (non-hydrogen) atoms. The van der Waals surface area contributed by atoms with Crippen LogP contribution in [0.5, 0.6) is 5.75 Å². The van der Waals surface area contributed by atoms with Crippen molar-refractivity contribution in [3.05, 3.63) is 29.8 Å². The van der Waals surface area contributed by atoms with Gasteiger partial charge in [0.15, 0.2) is 44.0 Å². The van der Waals surface area contributed by atoms with E-state index >= 15 is 0 Å². The van der Waals surface area contributed by atoms with Gasteiger partial charge in [0.25, 0.3) is 5.91 Å². The van der Waals surface area contributed by atoms with E-state index in [1.807, 2.05) is 0 Å². The van der Waals surface area contributed by atoms with E-state index in [2.05, 4.69) is 33.5 Å². The zero-order chi connectivity index (χ0) is 71.2. The van der Waals surface area contributed by atoms with Crippen LogP contribution in [0.3, 0.4) is 0 Å². The third-order valence-electron chi connectivity index (χ3n) is 18.1. The molecule has 1 aromatic rings. The van der Waals surface area contributed by atoms with Crippen LogP contribution in [0.2, 0.25) is 0 Å². The third-order valence-corrected chi connectivity index (χ3v) is 18.1. The second kappa shape index (κ2) is 37.0. The average molecular weight is 1410 g/mol. The van der Waals surface area contributed by atoms with E-state index < -0.39 is 247 Å². The van der Waals surface area contributed by atoms with Crippen LogP contribution in [0.4, 0.5) is 0 Å². The lowest BCUT2D eigenvalue weighted by molar-refractivity contribution is -0.368. The van der Waals surface area contributed by atoms with Crippen molar-refractivity contribution in [2.24, 2.45) is 0 Å². The molecule has 0 radical (unpaired) electrons. The average Bonchev–Trinajstić information content (AvgIpc) is 1.26. The van der Waals surface area contributed by atoms with Gasteiger partial charge in [-0.15, -0.1) is 0 Å². The number of amides is 5. The molecule has 7 aliphatic heterocycles. The number of hydrogen-bond acceptors (Lipinski definition) is 31. The number of ether oxygens (including phenoxy) is 14. The fourth-order valence-electron chi connectivity index (χ4n) is 13.0. The number of fused-ring (bicyclic) bond motifs is 1. The van der Waals surface area contributed by atoms with Gasteiger partial charge < -0.3 is 154 Å². The fraction of sp³-hybridized carbons (Fsp3) is 0.823. The molecule has 20 unspecified atom stereocenters. The number of benzene rings is 1. The Morgan fingerprint density at radius 3 is 1.31 bits per heavy atom. The molecule has 0 spiro atoms. The molecule has 5 amide bonds. The molecule has 1 aromatic carbocycles. The van der Waals surface area contributed by atoms with Crippen molar-refractivity contribution in [2.75, 3.05) is 46.8 Å². The normalized spacial score (nSPS) is 40.1. The van der Waals surface area contributed by atoms with Crippen LogP contribution < -0.4 is 31.3 Å². The largest absolute Gasteiger partial charge is 0.494 e. The molecule has 36 heteroatoms. The summed E-state index contributed by atoms with van der Waals surface area (Å²) in [6.07, 6.45) is -31.6. The Morgan fingerprint density at radius 2 is 0.857 bits per heavy atom. The van der Waals surface area contributed by atoms with Crippen LogP contribution in [0.15, 0.2) is 24.3 Å². The summed E-state index contributed by atoms with van der Waals surface area (Å²) in [5.41, 5.74) is 0.0652. The summed E-state index contributed by atoms with van der Waals surface area (Å²) < 4.78 is 83.4. The lowest BCUT2D eigenvalue weighted by atomic mass is 9.93. The van der Waals surface area contributed by atoms with Crippen molar-refractivity contribution in [1.29, 1.82) is 0 Å². The summed E-state index contributed by atoms with van der Waals surface area (Å²) in [6, 6.07) is -2.30. The summed E-state index contributed by atoms with van der Waals surface area (Å²) in [5, 5.41) is 148. The van der Waals surface area contributed by atoms with E-state index in [0.717, 1.165) is 53.4 Å². The van der Waals surface area contributed by atoms with E-state index in [1.54, 1.807) is 12.1 Å². The van der Waals surface area contributed by atoms with Crippen LogP contribution in [0, 0.1) is 0 Å². The molecule has 30 atom stereocenters. The standard InChI is InChI=1S/C62H99N5O31/c1-7-8-9-10-11-12-13-14-15-19-86-31-18-16-17-30(20-31)55(83)67-38-43(77)42(76)32(21-68)89-57(38)93-49-33(22-69)90-58(39(45(49)79)64-27(3)73)94-50-34(23-70)91-59(40(46(50)80)65-28(4)74)95-51-35(24-71)92-60(41(47(51)81)66-29(5)75)96-52-36(88-56(84)37(44(52)78)63-26(2)72)25-87-61-53(85-6)48(82)54-62(97-54)98-61/h16-18,20,32-54,56-62,68-71,76-82,84H,7-15,19,21-25H2,1-6H3,(H,63,72)(H,64,73)(H,65,74)(H,66,75)(H,67,83)/t32?,33?,34?,35?,36?,37-,38?,39?,40-,41?,42+,43?,44-,45?,46-,47?,48?,49+,50?,51+,52?,53?,54?,56+,57?,58?,59-,60?,61+,62?/m0/s1. The number of carbonyl (C=O) groups excluding carboxylic acids is 5. The quantitative estimate of drug-likeness (QED) is 0.0230. The lowest BCUT2D eigenvalue weighted by Gasteiger charge is -2.51. The maximum absolute atomic E-state index is 14.0. The number of aliphatic hydroxyl groups excluding tert-OH is 12. The molecule has 0 aliphatic carbocycles. The highest BCUT2D eigenvalue weighted by Gasteiger charge is 2.60. The predicted molar refractivity (Wildman–Crippen MR) is 327 cm³/mol. The van der Waals surface area contributed by atoms with Crippen molar-refractivity contribution < 1.29 is 152 Å². The lowest BCUT2D eigenvalue weighted by Crippen LogP contribution is -2.72. The van der Waals surface area contributed by atoms with Gasteiger partial charge in [-0.05, 0) is 24.6 Å². The molecule has 0 saturated carbocycles. The van der Waals surface area contributed by atoms with Gasteiger partial charge in [0, 0.05) is 40.4 Å². The zero-order valence-corrected chi connectivity index (χ0v) is 55.4. The maximum Gasteiger partial charge on any atom is 0.251 e. The van der Waals surface area contributed by atoms with Crippen LogP contribution in [-0.2, 0) is 80.8 Å². The van der Waals surface area contributed by atoms with Crippen molar-refractivity contribution in [1.82, 2.24) is 26.6 Å². The summed E-state index contributed by atoms with van der Waals surface area (Å²) >= 11 is 0. The number of carbonyl (C=O) groups is 5. The second-order valence-corrected chi connectivity index (χ2v) is 25.4. The molecule has 558 valence electrons. The third kappa shape index (κ3) is 19.8. The van der Waals surface area contributed by atoms with Gasteiger partial charge in [0.05, 0.1) is 39.6 Å². The molecule has 7 saturated heterocycles. The molecule has 36 nitrogen and oxygen atoms in total. The van der Waals surface area contributed by atoms with Crippen LogP contribution in [0.25, 0.3) is 0 Å². The van der Waals surface area contributed by atoms with Gasteiger partial charge in [0.2, 0.25) is 23.6 Å². The highest BCUT2D eigenvalue weighted by molar-refractivity contribution is 5.94. The fourth-order valence-corrected chi connectivity index (χ4v) is 13.0. The van der Waals surface area contributed by atoms with Crippen LogP contribution in [-0.4, -0.2) is 322 Å². The Balaban J connectivity index is 0.965. The first-order valence-corrected chi connectivity index (χ1v) is 33.2. The topological polar surface area (TPSA) is 521 Å². The molecular weight excluding hydrogens is 1310 g/mol. The Bertz CT molecular complexity index is 2700. The smallest absolute Gasteiger partial charge is 0.251 e. The van der Waals surface area contributed by atoms with Crippen LogP contribution >= 0.6 is 0 Å². The second-order valence-electron chi connectivity index (χ2n) is 25.4.